The van der Waals surface area contributed by atoms with Crippen molar-refractivity contribution < 1.29 is 59.2 Å². The molecule has 1 aliphatic carbocycles. The number of aromatic nitrogens is 2. The van der Waals surface area contributed by atoms with Gasteiger partial charge in [0.1, 0.15) is 36.4 Å². The van der Waals surface area contributed by atoms with E-state index in [1.54, 1.807) is 0 Å². The van der Waals surface area contributed by atoms with Crippen molar-refractivity contribution in [2.75, 3.05) is 18.5 Å². The van der Waals surface area contributed by atoms with E-state index in [9.17, 15) is 31.1 Å². The summed E-state index contributed by atoms with van der Waals surface area (Å²) in [5.74, 6) is -10.2. The summed E-state index contributed by atoms with van der Waals surface area (Å²) in [4.78, 5) is 20.5. The van der Waals surface area contributed by atoms with Crippen LogP contribution < -0.4 is 5.32 Å². The molecule has 14 heteroatoms. The minimum atomic E-state index is -3.05. The number of rotatable bonds is 7. The third-order valence-corrected chi connectivity index (χ3v) is 5.60. The number of carbonyl (C=O) groups is 1. The molecular formula is C23H19F6N4O3V-. The molecule has 1 saturated heterocycles. The number of hydrogen-bond acceptors (Lipinski definition) is 6. The van der Waals surface area contributed by atoms with Crippen LogP contribution in [0.2, 0.25) is 0 Å². The Morgan fingerprint density at radius 1 is 1.27 bits per heavy atom. The van der Waals surface area contributed by atoms with Crippen LogP contribution in [0.3, 0.4) is 0 Å². The van der Waals surface area contributed by atoms with E-state index in [0.29, 0.717) is 0 Å². The van der Waals surface area contributed by atoms with E-state index < -0.39 is 66.9 Å². The SMILES string of the molecule is N=C(C=[C-]C(=O)Nc1c(-c2cc(F)ccc2F)ncnc1C1CCC(F)(F)CO1)OCC1CC1(F)F.[V]. The largest absolute Gasteiger partial charge is 0.562 e. The van der Waals surface area contributed by atoms with Crippen LogP contribution in [0.5, 0.6) is 0 Å². The van der Waals surface area contributed by atoms with E-state index >= 15 is 0 Å². The summed E-state index contributed by atoms with van der Waals surface area (Å²) in [5, 5.41) is 9.96. The van der Waals surface area contributed by atoms with Crippen LogP contribution in [0.4, 0.5) is 32.0 Å². The Morgan fingerprint density at radius 2 is 2.00 bits per heavy atom. The molecule has 1 aromatic carbocycles. The average Bonchev–Trinajstić information content (AvgIpc) is 3.44. The van der Waals surface area contributed by atoms with Gasteiger partial charge in [-0.1, -0.05) is 0 Å². The molecular weight excluding hydrogens is 545 g/mol. The summed E-state index contributed by atoms with van der Waals surface area (Å²) in [6.45, 7) is -1.31. The van der Waals surface area contributed by atoms with E-state index in [1.807, 2.05) is 0 Å². The van der Waals surface area contributed by atoms with Crippen LogP contribution in [0, 0.1) is 29.0 Å². The maximum atomic E-state index is 14.5. The van der Waals surface area contributed by atoms with Gasteiger partial charge in [0.25, 0.3) is 11.8 Å². The van der Waals surface area contributed by atoms with Crippen molar-refractivity contribution in [2.24, 2.45) is 5.92 Å². The molecule has 2 heterocycles. The van der Waals surface area contributed by atoms with Crippen molar-refractivity contribution in [3.8, 4) is 11.3 Å². The Bertz CT molecular complexity index is 1200. The van der Waals surface area contributed by atoms with Gasteiger partial charge in [-0.2, -0.15) is 12.2 Å². The Morgan fingerprint density at radius 3 is 2.65 bits per heavy atom. The van der Waals surface area contributed by atoms with E-state index in [0.717, 1.165) is 30.6 Å². The maximum absolute atomic E-state index is 14.5. The molecule has 2 fully saturated rings. The topological polar surface area (TPSA) is 97.2 Å². The number of carbonyl (C=O) groups excluding carboxylic acids is 1. The molecule has 37 heavy (non-hydrogen) atoms. The van der Waals surface area contributed by atoms with Gasteiger partial charge in [0.15, 0.2) is 5.91 Å². The first-order valence-corrected chi connectivity index (χ1v) is 10.7. The maximum Gasteiger partial charge on any atom is 0.271 e. The summed E-state index contributed by atoms with van der Waals surface area (Å²) in [6, 6.07) is 2.57. The van der Waals surface area contributed by atoms with Crippen molar-refractivity contribution in [3.05, 3.63) is 54.0 Å². The molecule has 197 valence electrons. The fraction of sp³-hybridized carbons (Fsp3) is 0.391. The van der Waals surface area contributed by atoms with E-state index in [4.69, 9.17) is 14.9 Å². The van der Waals surface area contributed by atoms with Gasteiger partial charge in [-0.25, -0.2) is 36.3 Å². The van der Waals surface area contributed by atoms with Crippen LogP contribution in [0.15, 0.2) is 30.6 Å². The second-order valence-electron chi connectivity index (χ2n) is 8.38. The molecule has 1 aliphatic heterocycles. The van der Waals surface area contributed by atoms with Gasteiger partial charge >= 0.3 is 0 Å². The van der Waals surface area contributed by atoms with E-state index in [2.05, 4.69) is 21.4 Å². The number of alkyl halides is 4. The molecule has 1 saturated carbocycles. The second-order valence-corrected chi connectivity index (χ2v) is 8.38. The Hall–Kier alpha value is -2.90. The summed E-state index contributed by atoms with van der Waals surface area (Å²) >= 11 is 0. The van der Waals surface area contributed by atoms with Crippen molar-refractivity contribution in [3.63, 3.8) is 0 Å². The zero-order valence-corrected chi connectivity index (χ0v) is 20.3. The number of benzene rings is 1. The third kappa shape index (κ3) is 7.11. The predicted octanol–water partition coefficient (Wildman–Crippen LogP) is 4.85. The zero-order valence-electron chi connectivity index (χ0n) is 18.9. The third-order valence-electron chi connectivity index (χ3n) is 5.60. The molecule has 2 unspecified atom stereocenters. The van der Waals surface area contributed by atoms with Crippen molar-refractivity contribution >= 4 is 17.5 Å². The smallest absolute Gasteiger partial charge is 0.271 e. The number of ether oxygens (including phenoxy) is 2. The van der Waals surface area contributed by atoms with Crippen molar-refractivity contribution in [1.82, 2.24) is 9.97 Å². The van der Waals surface area contributed by atoms with Crippen molar-refractivity contribution in [1.29, 1.82) is 5.41 Å². The fourth-order valence-corrected chi connectivity index (χ4v) is 3.55. The molecule has 1 amide bonds. The minimum absolute atomic E-state index is 0. The standard InChI is InChI=1S/C23H19F6N4O3.V/c24-13-1-2-15(25)14(7-13)19-21(20(32-11-31-19)16-5-6-22(26,27)10-36-16)33-18(34)4-3-17(30)35-9-12-8-23(12,28)29;/h1-3,7,11-12,16,30H,5-6,8-10H2,(H,33,34);/q-1;. The summed E-state index contributed by atoms with van der Waals surface area (Å²) in [7, 11) is 0. The molecule has 0 bridgehead atoms. The molecule has 0 spiro atoms. The van der Waals surface area contributed by atoms with Crippen molar-refractivity contribution in [2.45, 2.75) is 37.2 Å². The minimum Gasteiger partial charge on any atom is -0.562 e. The van der Waals surface area contributed by atoms with Gasteiger partial charge in [-0.05, 0) is 24.6 Å². The number of hydrogen-bond donors (Lipinski definition) is 2. The Kier molecular flexibility index (Phi) is 8.71. The molecule has 2 aliphatic rings. The van der Waals surface area contributed by atoms with Gasteiger partial charge in [0, 0.05) is 42.9 Å². The predicted molar refractivity (Wildman–Crippen MR) is 113 cm³/mol. The summed E-state index contributed by atoms with van der Waals surface area (Å²) in [6.07, 6.45) is 1.87. The first-order chi connectivity index (χ1) is 16.9. The van der Waals surface area contributed by atoms with E-state index in [1.165, 1.54) is 0 Å². The average molecular weight is 564 g/mol. The Labute approximate surface area is 219 Å². The fourth-order valence-electron chi connectivity index (χ4n) is 3.55. The van der Waals surface area contributed by atoms with E-state index in [-0.39, 0.29) is 54.0 Å². The van der Waals surface area contributed by atoms with Gasteiger partial charge in [0.05, 0.1) is 23.9 Å². The van der Waals surface area contributed by atoms with Crippen LogP contribution in [0.1, 0.15) is 31.1 Å². The number of amides is 1. The molecule has 2 N–H and O–H groups in total. The Balaban J connectivity index is 0.00000380. The second kappa shape index (κ2) is 11.2. The quantitative estimate of drug-likeness (QED) is 0.165. The first-order valence-electron chi connectivity index (χ1n) is 10.7. The number of halogens is 6. The first kappa shape index (κ1) is 28.7. The van der Waals surface area contributed by atoms with Crippen LogP contribution >= 0.6 is 0 Å². The molecule has 7 nitrogen and oxygen atoms in total. The number of nitrogens with one attached hydrogen (secondary N) is 2. The van der Waals surface area contributed by atoms with Gasteiger partial charge < -0.3 is 20.2 Å². The molecule has 4 rings (SSSR count). The van der Waals surface area contributed by atoms with Gasteiger partial charge in [-0.15, -0.1) is 0 Å². The molecule has 2 atom stereocenters. The van der Waals surface area contributed by atoms with Crippen LogP contribution in [0.25, 0.3) is 11.3 Å². The normalized spacial score (nSPS) is 21.7. The summed E-state index contributed by atoms with van der Waals surface area (Å²) in [5.41, 5.74) is -0.847. The molecule has 1 radical (unpaired) electrons. The zero-order chi connectivity index (χ0) is 26.1. The summed E-state index contributed by atoms with van der Waals surface area (Å²) < 4.78 is 91.4. The number of nitrogens with zero attached hydrogens (tertiary/aromatic N) is 2. The van der Waals surface area contributed by atoms with Gasteiger partial charge in [0.2, 0.25) is 0 Å². The number of anilines is 1. The molecule has 1 aromatic heterocycles. The monoisotopic (exact) mass is 564 g/mol. The van der Waals surface area contributed by atoms with Gasteiger partial charge in [-0.3, -0.25) is 4.79 Å². The molecule has 2 aromatic rings. The van der Waals surface area contributed by atoms with Crippen LogP contribution in [-0.4, -0.2) is 46.8 Å². The van der Waals surface area contributed by atoms with Crippen LogP contribution in [-0.2, 0) is 32.8 Å².